The summed E-state index contributed by atoms with van der Waals surface area (Å²) in [6, 6.07) is 58.2. The summed E-state index contributed by atoms with van der Waals surface area (Å²) in [6.07, 6.45) is -0.0131. The molecule has 0 bridgehead atoms. The number of thiophene rings is 1. The third kappa shape index (κ3) is 9.26. The van der Waals surface area contributed by atoms with Crippen molar-refractivity contribution in [2.45, 2.75) is 73.4 Å². The average molecular weight is 1120 g/mol. The first-order chi connectivity index (χ1) is 34.6. The number of hydrogen-bond donors (Lipinski definition) is 0. The van der Waals surface area contributed by atoms with Crippen molar-refractivity contribution in [2.75, 3.05) is 0 Å². The molecular weight excluding hydrogens is 1060 g/mol. The van der Waals surface area contributed by atoms with Crippen molar-refractivity contribution in [1.29, 1.82) is 0 Å². The van der Waals surface area contributed by atoms with Gasteiger partial charge in [-0.3, -0.25) is 9.37 Å². The molecule has 0 aliphatic carbocycles. The number of para-hydroxylation sites is 3. The summed E-state index contributed by atoms with van der Waals surface area (Å²) in [5, 5.41) is 8.57. The van der Waals surface area contributed by atoms with Crippen LogP contribution in [0, 0.1) is 30.2 Å². The summed E-state index contributed by atoms with van der Waals surface area (Å²) in [6.45, 7) is 14.0. The second-order valence-electron chi connectivity index (χ2n) is 19.9. The van der Waals surface area contributed by atoms with Crippen LogP contribution in [0.4, 0.5) is 4.39 Å². The van der Waals surface area contributed by atoms with E-state index in [0.717, 1.165) is 33.7 Å². The molecule has 7 heteroatoms. The van der Waals surface area contributed by atoms with Gasteiger partial charge in [-0.15, -0.1) is 42.0 Å². The Kier molecular flexibility index (Phi) is 11.5. The van der Waals surface area contributed by atoms with E-state index in [1.54, 1.807) is 12.3 Å². The maximum absolute atomic E-state index is 14.7. The van der Waals surface area contributed by atoms with Crippen LogP contribution in [0.5, 0.6) is 0 Å². The number of halogens is 1. The zero-order chi connectivity index (χ0) is 51.8. The Hall–Kier alpha value is -6.08. The van der Waals surface area contributed by atoms with E-state index in [9.17, 15) is 4.39 Å². The van der Waals surface area contributed by atoms with Crippen LogP contribution in [0.2, 0.25) is 19.6 Å². The first-order valence-electron chi connectivity index (χ1n) is 25.7. The third-order valence-corrected chi connectivity index (χ3v) is 15.8. The molecule has 0 N–H and O–H groups in total. The molecule has 0 spiro atoms. The predicted octanol–water partition coefficient (Wildman–Crippen LogP) is 17.1. The van der Waals surface area contributed by atoms with Crippen LogP contribution in [-0.2, 0) is 26.5 Å². The smallest absolute Gasteiger partial charge is 0.0798 e. The molecule has 11 rings (SSSR count). The molecule has 3 nitrogen and oxygen atoms in total. The fourth-order valence-corrected chi connectivity index (χ4v) is 12.1. The number of aryl methyl sites for hydroxylation is 1. The number of imidazole rings is 1. The first kappa shape index (κ1) is 41.9. The van der Waals surface area contributed by atoms with E-state index < -0.39 is 32.5 Å². The van der Waals surface area contributed by atoms with Gasteiger partial charge in [-0.05, 0) is 83.5 Å². The number of rotatable bonds is 7. The number of nitrogens with zero attached hydrogens (tertiary/aromatic N) is 3. The largest absolute Gasteiger partial charge is 0.332 e. The van der Waals surface area contributed by atoms with Gasteiger partial charge in [0.2, 0.25) is 0 Å². The molecule has 8 aromatic carbocycles. The number of benzene rings is 8. The van der Waals surface area contributed by atoms with E-state index >= 15 is 0 Å². The number of aromatic nitrogens is 3. The Balaban J connectivity index is 0.000000202. The molecule has 0 amide bonds. The quantitative estimate of drug-likeness (QED) is 0.0905. The summed E-state index contributed by atoms with van der Waals surface area (Å²) >= 11 is 1.86. The fraction of sp³-hybridized carbons (Fsp3) is 0.194. The maximum atomic E-state index is 14.7. The molecule has 1 radical (unpaired) electrons. The van der Waals surface area contributed by atoms with Gasteiger partial charge in [0.1, 0.15) is 0 Å². The summed E-state index contributed by atoms with van der Waals surface area (Å²) < 4.78 is 59.3. The van der Waals surface area contributed by atoms with Crippen molar-refractivity contribution in [3.05, 3.63) is 192 Å². The molecule has 0 aliphatic heterocycles. The van der Waals surface area contributed by atoms with Crippen LogP contribution in [0.3, 0.4) is 0 Å². The molecule has 3 heterocycles. The first-order valence-corrected chi connectivity index (χ1v) is 27.5. The van der Waals surface area contributed by atoms with Gasteiger partial charge in [0.25, 0.3) is 0 Å². The topological polar surface area (TPSA) is 30.7 Å². The normalized spacial score (nSPS) is 13.4. The molecule has 347 valence electrons. The van der Waals surface area contributed by atoms with E-state index in [1.165, 1.54) is 70.2 Å². The summed E-state index contributed by atoms with van der Waals surface area (Å²) in [5.41, 5.74) is 8.00. The Morgan fingerprint density at radius 2 is 1.46 bits per heavy atom. The molecule has 0 fully saturated rings. The maximum Gasteiger partial charge on any atom is 0.0798 e. The summed E-state index contributed by atoms with van der Waals surface area (Å²) in [4.78, 5) is 9.74. The number of hydrogen-bond acceptors (Lipinski definition) is 3. The van der Waals surface area contributed by atoms with Crippen molar-refractivity contribution >= 4 is 77.3 Å². The second-order valence-corrected chi connectivity index (χ2v) is 26.0. The zero-order valence-electron chi connectivity index (χ0n) is 45.0. The van der Waals surface area contributed by atoms with Crippen LogP contribution < -0.4 is 5.19 Å². The molecule has 0 saturated heterocycles. The minimum Gasteiger partial charge on any atom is -0.332 e. The van der Waals surface area contributed by atoms with E-state index in [1.807, 2.05) is 32.1 Å². The molecule has 69 heavy (non-hydrogen) atoms. The Bertz CT molecular complexity index is 3910. The van der Waals surface area contributed by atoms with Gasteiger partial charge in [0.15, 0.2) is 0 Å². The van der Waals surface area contributed by atoms with Crippen molar-refractivity contribution in [2.24, 2.45) is 5.41 Å². The molecule has 0 saturated carbocycles. The van der Waals surface area contributed by atoms with Crippen LogP contribution in [0.1, 0.15) is 64.1 Å². The Morgan fingerprint density at radius 3 is 2.22 bits per heavy atom. The zero-order valence-corrected chi connectivity index (χ0v) is 44.3. The third-order valence-electron chi connectivity index (χ3n) is 12.5. The molecule has 0 aliphatic rings. The Labute approximate surface area is 431 Å². The van der Waals surface area contributed by atoms with Crippen molar-refractivity contribution < 1.29 is 31.3 Å². The van der Waals surface area contributed by atoms with E-state index in [4.69, 9.17) is 11.8 Å². The standard InChI is InChI=1S/C42H29N2S.C20H27FNSi.Ir/c1-26(2)29-16-10-17-31(27-12-4-3-5-13-27)39(29)44-38-21-9-8-20-37(38)43-42(44)36-19-11-18-33-35-25-24-32-30-15-7-6-14-28(30)22-23-34(32)40(35)45-41(33)36;1-14-8-9-16(17(21)10-14)18-11-15(12-20(2,3)4)19(13-22-18)23(5,6)7;/h3-18,20-26H,1-2H3;8,10-11,13H,12H2,1-7H3;/q2*-1;/i;1D3,12D2;. The minimum atomic E-state index is -2.42. The van der Waals surface area contributed by atoms with Gasteiger partial charge in [-0.1, -0.05) is 198 Å². The summed E-state index contributed by atoms with van der Waals surface area (Å²) in [7, 11) is -1.92. The van der Waals surface area contributed by atoms with E-state index in [2.05, 4.69) is 189 Å². The average Bonchev–Trinajstić information content (AvgIpc) is 3.95. The van der Waals surface area contributed by atoms with Crippen LogP contribution in [-0.4, -0.2) is 22.6 Å². The molecule has 0 unspecified atom stereocenters. The molecule has 11 aromatic rings. The van der Waals surface area contributed by atoms with Crippen LogP contribution in [0.15, 0.2) is 158 Å². The number of fused-ring (bicyclic) bond motifs is 8. The molecule has 0 atom stereocenters. The van der Waals surface area contributed by atoms with Crippen molar-refractivity contribution in [3.63, 3.8) is 0 Å². The van der Waals surface area contributed by atoms with Crippen LogP contribution in [0.25, 0.3) is 92.2 Å². The number of pyridine rings is 1. The van der Waals surface area contributed by atoms with Gasteiger partial charge in [-0.2, -0.15) is 11.3 Å². The fourth-order valence-electron chi connectivity index (χ4n) is 9.36. The van der Waals surface area contributed by atoms with Crippen LogP contribution >= 0.6 is 11.3 Å². The monoisotopic (exact) mass is 1120 g/mol. The van der Waals surface area contributed by atoms with Crippen molar-refractivity contribution in [3.8, 4) is 39.5 Å². The summed E-state index contributed by atoms with van der Waals surface area (Å²) in [5.74, 6) is 0.514. The van der Waals surface area contributed by atoms with E-state index in [0.29, 0.717) is 11.5 Å². The molecular formula is C62H56FIrN3SSi-2. The van der Waals surface area contributed by atoms with Gasteiger partial charge in [0.05, 0.1) is 24.9 Å². The minimum absolute atomic E-state index is 0. The van der Waals surface area contributed by atoms with Gasteiger partial charge in [-0.25, -0.2) is 0 Å². The van der Waals surface area contributed by atoms with Gasteiger partial charge < -0.3 is 9.55 Å². The van der Waals surface area contributed by atoms with E-state index in [-0.39, 0.29) is 36.9 Å². The molecule has 3 aromatic heterocycles. The Morgan fingerprint density at radius 1 is 0.754 bits per heavy atom. The predicted molar refractivity (Wildman–Crippen MR) is 292 cm³/mol. The van der Waals surface area contributed by atoms with Gasteiger partial charge in [0, 0.05) is 54.9 Å². The second kappa shape index (κ2) is 19.0. The van der Waals surface area contributed by atoms with Crippen molar-refractivity contribution in [1.82, 2.24) is 14.5 Å². The SMILES string of the molecule is CC(C)c1cccc(-c2ccccc2)c1-n1c(-c2[c-]ccc3c2sc2c3ccc3c4ccccc4ccc32)nc2ccccc21.[2H]C([2H])([2H])c1c[c-]c(-c2cc(C([2H])([2H])C(C)(C)C)c([Si](C)(C)C)cn2)c(F)c1.[Ir]. The van der Waals surface area contributed by atoms with Gasteiger partial charge >= 0.3 is 0 Å².